The third-order valence-corrected chi connectivity index (χ3v) is 3.36. The molecule has 1 unspecified atom stereocenters. The third-order valence-electron chi connectivity index (χ3n) is 3.36. The summed E-state index contributed by atoms with van der Waals surface area (Å²) in [6.45, 7) is 0.515. The number of carbonyl (C=O) groups is 1. The molecule has 1 amide bonds. The molecule has 2 rings (SSSR count). The van der Waals surface area contributed by atoms with Gasteiger partial charge in [0.25, 0.3) is 0 Å². The number of halogens is 1. The van der Waals surface area contributed by atoms with Gasteiger partial charge in [-0.15, -0.1) is 0 Å². The van der Waals surface area contributed by atoms with Crippen molar-refractivity contribution in [2.75, 3.05) is 20.6 Å². The van der Waals surface area contributed by atoms with Gasteiger partial charge in [-0.2, -0.15) is 0 Å². The molecule has 4 nitrogen and oxygen atoms in total. The summed E-state index contributed by atoms with van der Waals surface area (Å²) in [6, 6.07) is 11.3. The Bertz CT molecular complexity index is 599. The highest BCUT2D eigenvalue weighted by molar-refractivity contribution is 5.83. The lowest BCUT2D eigenvalue weighted by molar-refractivity contribution is -0.125. The highest BCUT2D eigenvalue weighted by atomic mass is 19.1. The molecule has 0 saturated heterocycles. The summed E-state index contributed by atoms with van der Waals surface area (Å²) in [4.78, 5) is 18.4. The Hall–Kier alpha value is -2.27. The van der Waals surface area contributed by atoms with Crippen LogP contribution in [0.15, 0.2) is 48.7 Å². The SMILES string of the molecule is CN(C)C(C(=O)NCCc1ccccn1)c1ccc(F)cc1. The van der Waals surface area contributed by atoms with Crippen LogP contribution in [0.3, 0.4) is 0 Å². The molecule has 2 aromatic rings. The van der Waals surface area contributed by atoms with Crippen LogP contribution in [0.4, 0.5) is 4.39 Å². The number of pyridine rings is 1. The minimum absolute atomic E-state index is 0.104. The van der Waals surface area contributed by atoms with Gasteiger partial charge in [0.1, 0.15) is 11.9 Å². The minimum atomic E-state index is -0.440. The van der Waals surface area contributed by atoms with E-state index in [0.717, 1.165) is 11.3 Å². The van der Waals surface area contributed by atoms with Crippen LogP contribution in [-0.2, 0) is 11.2 Å². The maximum atomic E-state index is 13.0. The van der Waals surface area contributed by atoms with Crippen molar-refractivity contribution in [2.24, 2.45) is 0 Å². The van der Waals surface area contributed by atoms with E-state index in [0.29, 0.717) is 13.0 Å². The Morgan fingerprint density at radius 1 is 1.23 bits per heavy atom. The summed E-state index contributed by atoms with van der Waals surface area (Å²) in [5.41, 5.74) is 1.70. The van der Waals surface area contributed by atoms with E-state index < -0.39 is 6.04 Å². The number of carbonyl (C=O) groups excluding carboxylic acids is 1. The number of aromatic nitrogens is 1. The lowest BCUT2D eigenvalue weighted by Gasteiger charge is -2.23. The molecule has 0 saturated carbocycles. The fourth-order valence-electron chi connectivity index (χ4n) is 2.29. The molecule has 116 valence electrons. The molecule has 1 atom stereocenters. The molecule has 0 aliphatic carbocycles. The van der Waals surface area contributed by atoms with Crippen LogP contribution in [0, 0.1) is 5.82 Å². The van der Waals surface area contributed by atoms with Crippen molar-refractivity contribution < 1.29 is 9.18 Å². The summed E-state index contributed by atoms with van der Waals surface area (Å²) >= 11 is 0. The summed E-state index contributed by atoms with van der Waals surface area (Å²) < 4.78 is 13.0. The van der Waals surface area contributed by atoms with Gasteiger partial charge in [-0.05, 0) is 43.9 Å². The van der Waals surface area contributed by atoms with Crippen molar-refractivity contribution >= 4 is 5.91 Å². The van der Waals surface area contributed by atoms with Crippen molar-refractivity contribution in [3.05, 3.63) is 65.7 Å². The Labute approximate surface area is 130 Å². The van der Waals surface area contributed by atoms with Crippen molar-refractivity contribution in [2.45, 2.75) is 12.5 Å². The summed E-state index contributed by atoms with van der Waals surface area (Å²) in [6.07, 6.45) is 2.41. The summed E-state index contributed by atoms with van der Waals surface area (Å²) in [5, 5.41) is 2.91. The second-order valence-corrected chi connectivity index (χ2v) is 5.28. The average molecular weight is 301 g/mol. The first-order valence-electron chi connectivity index (χ1n) is 7.17. The number of hydrogen-bond donors (Lipinski definition) is 1. The van der Waals surface area contributed by atoms with E-state index in [9.17, 15) is 9.18 Å². The Morgan fingerprint density at radius 2 is 1.95 bits per heavy atom. The van der Waals surface area contributed by atoms with E-state index in [1.54, 1.807) is 18.3 Å². The molecule has 5 heteroatoms. The predicted octanol–water partition coefficient (Wildman–Crippen LogP) is 2.18. The van der Waals surface area contributed by atoms with E-state index >= 15 is 0 Å². The van der Waals surface area contributed by atoms with Crippen molar-refractivity contribution in [1.29, 1.82) is 0 Å². The quantitative estimate of drug-likeness (QED) is 0.889. The maximum absolute atomic E-state index is 13.0. The van der Waals surface area contributed by atoms with Gasteiger partial charge in [-0.1, -0.05) is 18.2 Å². The van der Waals surface area contributed by atoms with Crippen LogP contribution in [-0.4, -0.2) is 36.4 Å². The van der Waals surface area contributed by atoms with Crippen LogP contribution in [0.5, 0.6) is 0 Å². The Morgan fingerprint density at radius 3 is 2.55 bits per heavy atom. The van der Waals surface area contributed by atoms with Gasteiger partial charge in [-0.25, -0.2) is 4.39 Å². The smallest absolute Gasteiger partial charge is 0.241 e. The molecule has 1 N–H and O–H groups in total. The molecule has 22 heavy (non-hydrogen) atoms. The van der Waals surface area contributed by atoms with Crippen molar-refractivity contribution in [1.82, 2.24) is 15.2 Å². The highest BCUT2D eigenvalue weighted by Crippen LogP contribution is 2.18. The maximum Gasteiger partial charge on any atom is 0.241 e. The van der Waals surface area contributed by atoms with E-state index in [1.165, 1.54) is 12.1 Å². The second kappa shape index (κ2) is 7.66. The zero-order valence-electron chi connectivity index (χ0n) is 12.8. The fraction of sp³-hybridized carbons (Fsp3) is 0.294. The number of amides is 1. The topological polar surface area (TPSA) is 45.2 Å². The van der Waals surface area contributed by atoms with Gasteiger partial charge in [0.15, 0.2) is 0 Å². The van der Waals surface area contributed by atoms with Gasteiger partial charge < -0.3 is 5.32 Å². The number of nitrogens with one attached hydrogen (secondary N) is 1. The average Bonchev–Trinajstić information content (AvgIpc) is 2.50. The monoisotopic (exact) mass is 301 g/mol. The van der Waals surface area contributed by atoms with E-state index in [1.807, 2.05) is 37.2 Å². The highest BCUT2D eigenvalue weighted by Gasteiger charge is 2.22. The van der Waals surface area contributed by atoms with Gasteiger partial charge in [0, 0.05) is 24.9 Å². The fourth-order valence-corrected chi connectivity index (χ4v) is 2.29. The van der Waals surface area contributed by atoms with Gasteiger partial charge in [-0.3, -0.25) is 14.7 Å². The second-order valence-electron chi connectivity index (χ2n) is 5.28. The van der Waals surface area contributed by atoms with Crippen LogP contribution < -0.4 is 5.32 Å². The molecule has 0 aliphatic heterocycles. The van der Waals surface area contributed by atoms with Gasteiger partial charge in [0.05, 0.1) is 0 Å². The summed E-state index contributed by atoms with van der Waals surface area (Å²) in [7, 11) is 3.65. The third kappa shape index (κ3) is 4.36. The van der Waals surface area contributed by atoms with E-state index in [-0.39, 0.29) is 11.7 Å². The van der Waals surface area contributed by atoms with Crippen LogP contribution in [0.2, 0.25) is 0 Å². The molecule has 0 radical (unpaired) electrons. The number of hydrogen-bond acceptors (Lipinski definition) is 3. The molecule has 0 spiro atoms. The van der Waals surface area contributed by atoms with Gasteiger partial charge >= 0.3 is 0 Å². The standard InChI is InChI=1S/C17H20FN3O/c1-21(2)16(13-6-8-14(18)9-7-13)17(22)20-12-10-15-5-3-4-11-19-15/h3-9,11,16H,10,12H2,1-2H3,(H,20,22). The first-order chi connectivity index (χ1) is 10.6. The zero-order chi connectivity index (χ0) is 15.9. The normalized spacial score (nSPS) is 12.2. The Balaban J connectivity index is 1.97. The first-order valence-corrected chi connectivity index (χ1v) is 7.17. The lowest BCUT2D eigenvalue weighted by atomic mass is 10.1. The number of nitrogens with zero attached hydrogens (tertiary/aromatic N) is 2. The number of rotatable bonds is 6. The van der Waals surface area contributed by atoms with Crippen LogP contribution in [0.1, 0.15) is 17.3 Å². The molecule has 0 fully saturated rings. The Kier molecular flexibility index (Phi) is 5.61. The lowest BCUT2D eigenvalue weighted by Crippen LogP contribution is -2.38. The molecular formula is C17H20FN3O. The first kappa shape index (κ1) is 16.1. The zero-order valence-corrected chi connectivity index (χ0v) is 12.8. The number of likely N-dealkylation sites (N-methyl/N-ethyl adjacent to an activating group) is 1. The van der Waals surface area contributed by atoms with Crippen molar-refractivity contribution in [3.63, 3.8) is 0 Å². The minimum Gasteiger partial charge on any atom is -0.354 e. The van der Waals surface area contributed by atoms with E-state index in [4.69, 9.17) is 0 Å². The largest absolute Gasteiger partial charge is 0.354 e. The molecule has 1 aromatic heterocycles. The van der Waals surface area contributed by atoms with Gasteiger partial charge in [0.2, 0.25) is 5.91 Å². The van der Waals surface area contributed by atoms with Crippen LogP contribution in [0.25, 0.3) is 0 Å². The molecule has 1 aromatic carbocycles. The molecule has 0 bridgehead atoms. The number of benzene rings is 1. The van der Waals surface area contributed by atoms with Crippen LogP contribution >= 0.6 is 0 Å². The van der Waals surface area contributed by atoms with E-state index in [2.05, 4.69) is 10.3 Å². The summed E-state index contributed by atoms with van der Waals surface area (Å²) in [5.74, 6) is -0.413. The molecular weight excluding hydrogens is 281 g/mol. The predicted molar refractivity (Wildman–Crippen MR) is 83.8 cm³/mol. The molecule has 1 heterocycles. The molecule has 0 aliphatic rings. The van der Waals surface area contributed by atoms with Crippen molar-refractivity contribution in [3.8, 4) is 0 Å².